The van der Waals surface area contributed by atoms with Gasteiger partial charge in [0, 0.05) is 32.1 Å². The Labute approximate surface area is 144 Å². The Balaban J connectivity index is 2.08. The molecule has 0 unspecified atom stereocenters. The lowest BCUT2D eigenvalue weighted by atomic mass is 10.2. The van der Waals surface area contributed by atoms with E-state index in [1.807, 2.05) is 0 Å². The highest BCUT2D eigenvalue weighted by Crippen LogP contribution is 2.23. The number of carbonyl (C=O) groups excluding carboxylic acids is 1. The van der Waals surface area contributed by atoms with Gasteiger partial charge in [0.2, 0.25) is 5.91 Å². The van der Waals surface area contributed by atoms with Gasteiger partial charge in [-0.05, 0) is 30.3 Å². The van der Waals surface area contributed by atoms with Gasteiger partial charge in [0.25, 0.3) is 5.56 Å². The maximum Gasteiger partial charge on any atom is 0.573 e. The molecule has 2 aromatic rings. The van der Waals surface area contributed by atoms with Crippen molar-refractivity contribution in [2.75, 3.05) is 5.32 Å². The van der Waals surface area contributed by atoms with Crippen LogP contribution in [0.15, 0.2) is 46.1 Å². The van der Waals surface area contributed by atoms with E-state index >= 15 is 0 Å². The summed E-state index contributed by atoms with van der Waals surface area (Å²) in [6.45, 7) is 0. The van der Waals surface area contributed by atoms with Crippen molar-refractivity contribution in [2.24, 2.45) is 14.1 Å². The molecule has 1 aromatic heterocycles. The van der Waals surface area contributed by atoms with Crippen LogP contribution < -0.4 is 21.3 Å². The molecule has 0 spiro atoms. The van der Waals surface area contributed by atoms with E-state index in [1.165, 1.54) is 43.1 Å². The molecule has 0 radical (unpaired) electrons. The van der Waals surface area contributed by atoms with Crippen LogP contribution in [-0.4, -0.2) is 21.4 Å². The average Bonchev–Trinajstić information content (AvgIpc) is 2.55. The SMILES string of the molecule is Cn1cc(/C=C/C(=O)Nc2ccc(OC(F)(F)F)cc2)c(=O)n(C)c1=O. The van der Waals surface area contributed by atoms with Gasteiger partial charge in [0.05, 0.1) is 5.56 Å². The van der Waals surface area contributed by atoms with Crippen molar-refractivity contribution in [3.8, 4) is 5.75 Å². The molecule has 10 heteroatoms. The maximum absolute atomic E-state index is 12.1. The average molecular weight is 369 g/mol. The summed E-state index contributed by atoms with van der Waals surface area (Å²) < 4.78 is 42.0. The summed E-state index contributed by atoms with van der Waals surface area (Å²) in [6.07, 6.45) is -1.20. The number of halogens is 3. The zero-order valence-electron chi connectivity index (χ0n) is 13.7. The number of carbonyl (C=O) groups is 1. The summed E-state index contributed by atoms with van der Waals surface area (Å²) in [4.78, 5) is 35.4. The Kier molecular flexibility index (Phi) is 5.34. The van der Waals surface area contributed by atoms with E-state index in [2.05, 4.69) is 10.1 Å². The van der Waals surface area contributed by atoms with Crippen LogP contribution in [0.3, 0.4) is 0 Å². The molecule has 7 nitrogen and oxygen atoms in total. The van der Waals surface area contributed by atoms with Crippen molar-refractivity contribution in [3.63, 3.8) is 0 Å². The number of aryl methyl sites for hydroxylation is 1. The molecule has 1 amide bonds. The van der Waals surface area contributed by atoms with Crippen molar-refractivity contribution < 1.29 is 22.7 Å². The number of ether oxygens (including phenoxy) is 1. The van der Waals surface area contributed by atoms with Crippen molar-refractivity contribution >= 4 is 17.7 Å². The molecule has 0 bridgehead atoms. The van der Waals surface area contributed by atoms with Crippen LogP contribution in [0.5, 0.6) is 5.75 Å². The number of aromatic nitrogens is 2. The molecular weight excluding hydrogens is 355 g/mol. The number of amides is 1. The molecule has 1 N–H and O–H groups in total. The van der Waals surface area contributed by atoms with Gasteiger partial charge in [-0.3, -0.25) is 14.2 Å². The second-order valence-corrected chi connectivity index (χ2v) is 5.24. The number of hydrogen-bond acceptors (Lipinski definition) is 4. The van der Waals surface area contributed by atoms with Crippen molar-refractivity contribution in [2.45, 2.75) is 6.36 Å². The summed E-state index contributed by atoms with van der Waals surface area (Å²) in [5, 5.41) is 2.42. The number of anilines is 1. The summed E-state index contributed by atoms with van der Waals surface area (Å²) in [7, 11) is 2.77. The number of alkyl halides is 3. The third-order valence-corrected chi connectivity index (χ3v) is 3.24. The Hall–Kier alpha value is -3.30. The van der Waals surface area contributed by atoms with Gasteiger partial charge in [-0.1, -0.05) is 0 Å². The monoisotopic (exact) mass is 369 g/mol. The molecule has 1 aromatic carbocycles. The molecule has 0 aliphatic rings. The highest BCUT2D eigenvalue weighted by Gasteiger charge is 2.30. The molecule has 1 heterocycles. The number of rotatable bonds is 4. The molecule has 0 aliphatic heterocycles. The van der Waals surface area contributed by atoms with Crippen molar-refractivity contribution in [1.29, 1.82) is 0 Å². The van der Waals surface area contributed by atoms with E-state index < -0.39 is 29.3 Å². The van der Waals surface area contributed by atoms with Crippen molar-refractivity contribution in [3.05, 3.63) is 62.9 Å². The van der Waals surface area contributed by atoms with Crippen LogP contribution in [0.25, 0.3) is 6.08 Å². The van der Waals surface area contributed by atoms with Gasteiger partial charge in [-0.15, -0.1) is 13.2 Å². The van der Waals surface area contributed by atoms with Crippen LogP contribution in [-0.2, 0) is 18.9 Å². The molecule has 26 heavy (non-hydrogen) atoms. The Morgan fingerprint density at radius 3 is 2.35 bits per heavy atom. The molecule has 2 rings (SSSR count). The van der Waals surface area contributed by atoms with E-state index in [1.54, 1.807) is 0 Å². The minimum atomic E-state index is -4.80. The smallest absolute Gasteiger partial charge is 0.406 e. The number of hydrogen-bond donors (Lipinski definition) is 1. The third kappa shape index (κ3) is 4.85. The summed E-state index contributed by atoms with van der Waals surface area (Å²) in [5.74, 6) is -1.02. The molecular formula is C16H14F3N3O4. The Bertz CT molecular complexity index is 957. The second kappa shape index (κ2) is 7.30. The van der Waals surface area contributed by atoms with Crippen LogP contribution in [0.1, 0.15) is 5.56 Å². The van der Waals surface area contributed by atoms with Crippen LogP contribution in [0, 0.1) is 0 Å². The molecule has 0 saturated heterocycles. The first-order valence-corrected chi connectivity index (χ1v) is 7.18. The molecule has 0 atom stereocenters. The van der Waals surface area contributed by atoms with Crippen LogP contribution in [0.2, 0.25) is 0 Å². The molecule has 138 valence electrons. The second-order valence-electron chi connectivity index (χ2n) is 5.24. The number of nitrogens with one attached hydrogen (secondary N) is 1. The lowest BCUT2D eigenvalue weighted by Gasteiger charge is -2.09. The largest absolute Gasteiger partial charge is 0.573 e. The summed E-state index contributed by atoms with van der Waals surface area (Å²) in [5.41, 5.74) is -0.704. The minimum Gasteiger partial charge on any atom is -0.406 e. The standard InChI is InChI=1S/C16H14F3N3O4/c1-21-9-10(14(24)22(2)15(21)25)3-8-13(23)20-11-4-6-12(7-5-11)26-16(17,18)19/h3-9H,1-2H3,(H,20,23)/b8-3+. The first kappa shape index (κ1) is 19.0. The predicted octanol–water partition coefficient (Wildman–Crippen LogP) is 1.63. The maximum atomic E-state index is 12.1. The lowest BCUT2D eigenvalue weighted by molar-refractivity contribution is -0.274. The quantitative estimate of drug-likeness (QED) is 0.831. The van der Waals surface area contributed by atoms with E-state index in [0.29, 0.717) is 0 Å². The fourth-order valence-electron chi connectivity index (χ4n) is 2.04. The van der Waals surface area contributed by atoms with Crippen LogP contribution in [0.4, 0.5) is 18.9 Å². The first-order valence-electron chi connectivity index (χ1n) is 7.18. The fourth-order valence-corrected chi connectivity index (χ4v) is 2.04. The van der Waals surface area contributed by atoms with E-state index in [4.69, 9.17) is 0 Å². The molecule has 0 saturated carbocycles. The van der Waals surface area contributed by atoms with Gasteiger partial charge in [0.1, 0.15) is 5.75 Å². The summed E-state index contributed by atoms with van der Waals surface area (Å²) >= 11 is 0. The summed E-state index contributed by atoms with van der Waals surface area (Å²) in [6, 6.07) is 4.57. The van der Waals surface area contributed by atoms with E-state index in [9.17, 15) is 27.6 Å². The highest BCUT2D eigenvalue weighted by atomic mass is 19.4. The van der Waals surface area contributed by atoms with Gasteiger partial charge in [-0.25, -0.2) is 4.79 Å². The Morgan fingerprint density at radius 1 is 1.15 bits per heavy atom. The third-order valence-electron chi connectivity index (χ3n) is 3.24. The lowest BCUT2D eigenvalue weighted by Crippen LogP contribution is -2.37. The number of benzene rings is 1. The van der Waals surface area contributed by atoms with Gasteiger partial charge >= 0.3 is 12.1 Å². The first-order chi connectivity index (χ1) is 12.1. The zero-order chi connectivity index (χ0) is 19.5. The highest BCUT2D eigenvalue weighted by molar-refractivity contribution is 6.01. The molecule has 0 fully saturated rings. The molecule has 0 aliphatic carbocycles. The van der Waals surface area contributed by atoms with Crippen molar-refractivity contribution in [1.82, 2.24) is 9.13 Å². The van der Waals surface area contributed by atoms with E-state index in [-0.39, 0.29) is 11.3 Å². The van der Waals surface area contributed by atoms with Gasteiger partial charge in [-0.2, -0.15) is 0 Å². The van der Waals surface area contributed by atoms with E-state index in [0.717, 1.165) is 22.8 Å². The normalized spacial score (nSPS) is 11.6. The van der Waals surface area contributed by atoms with Gasteiger partial charge < -0.3 is 14.6 Å². The van der Waals surface area contributed by atoms with Gasteiger partial charge in [0.15, 0.2) is 0 Å². The zero-order valence-corrected chi connectivity index (χ0v) is 13.7. The predicted molar refractivity (Wildman–Crippen MR) is 87.7 cm³/mol. The van der Waals surface area contributed by atoms with Crippen LogP contribution >= 0.6 is 0 Å². The Morgan fingerprint density at radius 2 is 1.77 bits per heavy atom. The topological polar surface area (TPSA) is 82.3 Å². The fraction of sp³-hybridized carbons (Fsp3) is 0.188. The number of nitrogens with zero attached hydrogens (tertiary/aromatic N) is 2. The minimum absolute atomic E-state index is 0.124.